The molecule has 0 bridgehead atoms. The maximum atomic E-state index is 13.8. The molecule has 0 radical (unpaired) electrons. The summed E-state index contributed by atoms with van der Waals surface area (Å²) in [5, 5.41) is 2.14. The van der Waals surface area contributed by atoms with Crippen molar-refractivity contribution in [3.63, 3.8) is 0 Å². The van der Waals surface area contributed by atoms with Crippen molar-refractivity contribution in [2.45, 2.75) is 6.92 Å². The standard InChI is InChI=1S/C32H28ClNO7/c1-6-41-32(36)31(35)30-27(18-7-10-21(33)11-8-18)28(20-9-12-23(37-2)24(16-20)38-3)29-22-17-26(40-5)25(39-4)15-19(22)13-14-34(29)30/h7-17H,6H2,1-5H3. The van der Waals surface area contributed by atoms with Gasteiger partial charge in [-0.1, -0.05) is 29.8 Å². The smallest absolute Gasteiger partial charge is 0.381 e. The number of ether oxygens (including phenoxy) is 5. The second-order valence-electron chi connectivity index (χ2n) is 9.05. The van der Waals surface area contributed by atoms with Gasteiger partial charge in [-0.25, -0.2) is 4.79 Å². The van der Waals surface area contributed by atoms with Crippen LogP contribution in [0.15, 0.2) is 66.9 Å². The fourth-order valence-corrected chi connectivity index (χ4v) is 5.21. The van der Waals surface area contributed by atoms with Crippen LogP contribution in [0.4, 0.5) is 0 Å². The van der Waals surface area contributed by atoms with E-state index in [-0.39, 0.29) is 12.3 Å². The predicted octanol–water partition coefficient (Wildman–Crippen LogP) is 6.86. The Kier molecular flexibility index (Phi) is 7.77. The Morgan fingerprint density at radius 3 is 1.98 bits per heavy atom. The molecule has 0 amide bonds. The molecular weight excluding hydrogens is 546 g/mol. The van der Waals surface area contributed by atoms with Crippen molar-refractivity contribution < 1.29 is 33.3 Å². The minimum atomic E-state index is -0.951. The average molecular weight is 574 g/mol. The van der Waals surface area contributed by atoms with E-state index in [0.29, 0.717) is 50.2 Å². The zero-order valence-electron chi connectivity index (χ0n) is 23.2. The van der Waals surface area contributed by atoms with Crippen LogP contribution in [0.2, 0.25) is 5.02 Å². The van der Waals surface area contributed by atoms with Crippen LogP contribution in [0.1, 0.15) is 17.4 Å². The average Bonchev–Trinajstić information content (AvgIpc) is 3.35. The summed E-state index contributed by atoms with van der Waals surface area (Å²) >= 11 is 6.24. The van der Waals surface area contributed by atoms with E-state index in [0.717, 1.165) is 16.3 Å². The van der Waals surface area contributed by atoms with Crippen molar-refractivity contribution >= 4 is 39.6 Å². The first-order valence-corrected chi connectivity index (χ1v) is 13.2. The fraction of sp³-hybridized carbons (Fsp3) is 0.188. The van der Waals surface area contributed by atoms with E-state index in [9.17, 15) is 9.59 Å². The third-order valence-corrected chi connectivity index (χ3v) is 7.15. The Balaban J connectivity index is 2.02. The highest BCUT2D eigenvalue weighted by Crippen LogP contribution is 2.46. The molecule has 0 aliphatic carbocycles. The number of halogens is 1. The Bertz CT molecular complexity index is 1790. The molecule has 0 unspecified atom stereocenters. The largest absolute Gasteiger partial charge is 0.493 e. The zero-order chi connectivity index (χ0) is 29.3. The number of fused-ring (bicyclic) bond motifs is 3. The van der Waals surface area contributed by atoms with Crippen molar-refractivity contribution in [2.24, 2.45) is 0 Å². The summed E-state index contributed by atoms with van der Waals surface area (Å²) in [6.07, 6.45) is 1.76. The molecule has 2 heterocycles. The number of methoxy groups -OCH3 is 4. The third-order valence-electron chi connectivity index (χ3n) is 6.90. The maximum absolute atomic E-state index is 13.8. The van der Waals surface area contributed by atoms with Crippen LogP contribution >= 0.6 is 11.6 Å². The van der Waals surface area contributed by atoms with Crippen LogP contribution in [0.3, 0.4) is 0 Å². The van der Waals surface area contributed by atoms with E-state index >= 15 is 0 Å². The molecule has 0 fully saturated rings. The zero-order valence-corrected chi connectivity index (χ0v) is 24.0. The molecule has 5 rings (SSSR count). The molecule has 210 valence electrons. The highest BCUT2D eigenvalue weighted by Gasteiger charge is 2.31. The van der Waals surface area contributed by atoms with Crippen LogP contribution < -0.4 is 18.9 Å². The van der Waals surface area contributed by atoms with Gasteiger partial charge >= 0.3 is 5.97 Å². The molecule has 0 spiro atoms. The number of hydrogen-bond acceptors (Lipinski definition) is 7. The van der Waals surface area contributed by atoms with Crippen LogP contribution in [0.5, 0.6) is 23.0 Å². The normalized spacial score (nSPS) is 11.0. The molecule has 0 aliphatic heterocycles. The molecule has 0 atom stereocenters. The quantitative estimate of drug-likeness (QED) is 0.108. The highest BCUT2D eigenvalue weighted by molar-refractivity contribution is 6.42. The summed E-state index contributed by atoms with van der Waals surface area (Å²) in [6, 6.07) is 18.2. The van der Waals surface area contributed by atoms with E-state index in [1.54, 1.807) is 64.2 Å². The molecule has 0 N–H and O–H groups in total. The predicted molar refractivity (Wildman–Crippen MR) is 158 cm³/mol. The number of pyridine rings is 1. The number of carbonyl (C=O) groups excluding carboxylic acids is 2. The summed E-state index contributed by atoms with van der Waals surface area (Å²) < 4.78 is 29.2. The van der Waals surface area contributed by atoms with Gasteiger partial charge in [0, 0.05) is 27.7 Å². The number of nitrogens with zero attached hydrogens (tertiary/aromatic N) is 1. The Hall–Kier alpha value is -4.69. The monoisotopic (exact) mass is 573 g/mol. The molecular formula is C32H28ClNO7. The summed E-state index contributed by atoms with van der Waals surface area (Å²) in [6.45, 7) is 1.72. The number of Topliss-reactive ketones (excluding diaryl/α,β-unsaturated/α-hetero) is 1. The maximum Gasteiger partial charge on any atom is 0.381 e. The first kappa shape index (κ1) is 27.9. The summed E-state index contributed by atoms with van der Waals surface area (Å²) in [5.74, 6) is 0.394. The second kappa shape index (κ2) is 11.4. The van der Waals surface area contributed by atoms with Gasteiger partial charge in [0.25, 0.3) is 5.78 Å². The minimum absolute atomic E-state index is 0.0621. The lowest BCUT2D eigenvalue weighted by molar-refractivity contribution is -0.137. The Morgan fingerprint density at radius 1 is 0.732 bits per heavy atom. The fourth-order valence-electron chi connectivity index (χ4n) is 5.08. The molecule has 8 nitrogen and oxygen atoms in total. The SMILES string of the molecule is CCOC(=O)C(=O)c1c(-c2ccc(Cl)cc2)c(-c2ccc(OC)c(OC)c2)c2c3cc(OC)c(OC)cc3ccn12. The molecule has 9 heteroatoms. The molecule has 2 aromatic heterocycles. The van der Waals surface area contributed by atoms with Gasteiger partial charge in [0.15, 0.2) is 23.0 Å². The van der Waals surface area contributed by atoms with Crippen LogP contribution in [0, 0.1) is 0 Å². The van der Waals surface area contributed by atoms with Crippen molar-refractivity contribution in [3.05, 3.63) is 77.6 Å². The number of carbonyl (C=O) groups is 2. The second-order valence-corrected chi connectivity index (χ2v) is 9.49. The van der Waals surface area contributed by atoms with Crippen LogP contribution in [-0.2, 0) is 9.53 Å². The van der Waals surface area contributed by atoms with Gasteiger partial charge in [-0.15, -0.1) is 0 Å². The lowest BCUT2D eigenvalue weighted by Crippen LogP contribution is -2.20. The first-order chi connectivity index (χ1) is 19.9. The molecule has 0 saturated carbocycles. The molecule has 0 saturated heterocycles. The topological polar surface area (TPSA) is 84.7 Å². The van der Waals surface area contributed by atoms with Gasteiger partial charge in [0.1, 0.15) is 5.69 Å². The highest BCUT2D eigenvalue weighted by atomic mass is 35.5. The number of esters is 1. The van der Waals surface area contributed by atoms with Gasteiger partial charge < -0.3 is 28.1 Å². The van der Waals surface area contributed by atoms with Gasteiger partial charge in [-0.2, -0.15) is 0 Å². The van der Waals surface area contributed by atoms with Gasteiger partial charge in [-0.3, -0.25) is 4.79 Å². The lowest BCUT2D eigenvalue weighted by atomic mass is 9.93. The first-order valence-electron chi connectivity index (χ1n) is 12.8. The number of benzene rings is 3. The van der Waals surface area contributed by atoms with E-state index in [2.05, 4.69) is 0 Å². The van der Waals surface area contributed by atoms with Crippen molar-refractivity contribution in [1.29, 1.82) is 0 Å². The van der Waals surface area contributed by atoms with Gasteiger partial charge in [-0.05, 0) is 65.9 Å². The minimum Gasteiger partial charge on any atom is -0.493 e. The van der Waals surface area contributed by atoms with Gasteiger partial charge in [0.05, 0.1) is 40.6 Å². The van der Waals surface area contributed by atoms with Crippen LogP contribution in [0.25, 0.3) is 38.5 Å². The number of ketones is 1. The van der Waals surface area contributed by atoms with E-state index < -0.39 is 11.8 Å². The number of rotatable bonds is 9. The van der Waals surface area contributed by atoms with E-state index in [4.69, 9.17) is 35.3 Å². The summed E-state index contributed by atoms with van der Waals surface area (Å²) in [5.41, 5.74) is 3.47. The van der Waals surface area contributed by atoms with Crippen molar-refractivity contribution in [1.82, 2.24) is 4.40 Å². The van der Waals surface area contributed by atoms with Crippen LogP contribution in [-0.4, -0.2) is 51.2 Å². The van der Waals surface area contributed by atoms with E-state index in [1.807, 2.05) is 42.5 Å². The van der Waals surface area contributed by atoms with Gasteiger partial charge in [0.2, 0.25) is 0 Å². The summed E-state index contributed by atoms with van der Waals surface area (Å²) in [7, 11) is 6.25. The number of aromatic nitrogens is 1. The molecule has 5 aromatic rings. The Labute approximate surface area is 241 Å². The summed E-state index contributed by atoms with van der Waals surface area (Å²) in [4.78, 5) is 26.7. The van der Waals surface area contributed by atoms with E-state index in [1.165, 1.54) is 0 Å². The Morgan fingerprint density at radius 2 is 1.34 bits per heavy atom. The van der Waals surface area contributed by atoms with Crippen molar-refractivity contribution in [2.75, 3.05) is 35.0 Å². The molecule has 3 aromatic carbocycles. The molecule has 41 heavy (non-hydrogen) atoms. The third kappa shape index (κ3) is 4.80. The van der Waals surface area contributed by atoms with Crippen molar-refractivity contribution in [3.8, 4) is 45.3 Å². The lowest BCUT2D eigenvalue weighted by Gasteiger charge is -2.13. The molecule has 0 aliphatic rings. The number of hydrogen-bond donors (Lipinski definition) is 0.